The van der Waals surface area contributed by atoms with Crippen molar-refractivity contribution in [3.8, 4) is 17.3 Å². The van der Waals surface area contributed by atoms with Gasteiger partial charge in [-0.1, -0.05) is 196 Å². The third-order valence-electron chi connectivity index (χ3n) is 15.0. The monoisotopic (exact) mass is 941 g/mol. The molecule has 2 aromatic heterocycles. The fourth-order valence-electron chi connectivity index (χ4n) is 10.3. The molecule has 0 saturated carbocycles. The SMILES string of the molecule is CC(C)(C)C1=CN(c2cc(C(C)(C)c3ccccc3)cc(C(C)(C)c3ccccc3)c2)CN1c1cc(Oc2cc(C(C)(C)C)c3c4ccccc4n(-c4cc(C(C)(C)C)ccn4)c3c2)cc(C(C)(C)C)c1. The maximum atomic E-state index is 7.25. The third-order valence-corrected chi connectivity index (χ3v) is 15.0. The van der Waals surface area contributed by atoms with Crippen LogP contribution < -0.4 is 14.5 Å². The van der Waals surface area contributed by atoms with Crippen LogP contribution >= 0.6 is 0 Å². The number of hydrogen-bond acceptors (Lipinski definition) is 4. The van der Waals surface area contributed by atoms with Crippen molar-refractivity contribution in [3.05, 3.63) is 203 Å². The second-order valence-electron chi connectivity index (χ2n) is 25.2. The third kappa shape index (κ3) is 9.53. The van der Waals surface area contributed by atoms with Crippen LogP contribution in [-0.4, -0.2) is 16.2 Å². The molecular formula is C66H76N4O. The van der Waals surface area contributed by atoms with E-state index in [1.54, 1.807) is 0 Å². The molecule has 3 heterocycles. The minimum absolute atomic E-state index is 0.0307. The zero-order chi connectivity index (χ0) is 51.1. The number of hydrogen-bond donors (Lipinski definition) is 0. The summed E-state index contributed by atoms with van der Waals surface area (Å²) in [5.41, 5.74) is 13.6. The summed E-state index contributed by atoms with van der Waals surface area (Å²) in [5.74, 6) is 2.52. The Morgan fingerprint density at radius 1 is 0.437 bits per heavy atom. The highest BCUT2D eigenvalue weighted by Gasteiger charge is 2.35. The molecular weight excluding hydrogens is 865 g/mol. The fourth-order valence-corrected chi connectivity index (χ4v) is 10.3. The van der Waals surface area contributed by atoms with E-state index in [1.807, 2.05) is 6.20 Å². The van der Waals surface area contributed by atoms with Crippen LogP contribution in [0.4, 0.5) is 11.4 Å². The van der Waals surface area contributed by atoms with E-state index in [9.17, 15) is 0 Å². The molecule has 0 atom stereocenters. The molecule has 6 aromatic carbocycles. The van der Waals surface area contributed by atoms with E-state index in [0.717, 1.165) is 34.0 Å². The number of para-hydroxylation sites is 1. The van der Waals surface area contributed by atoms with Crippen LogP contribution in [-0.2, 0) is 27.1 Å². The van der Waals surface area contributed by atoms with E-state index in [2.05, 4.69) is 277 Å². The average Bonchev–Trinajstić information content (AvgIpc) is 3.92. The Kier molecular flexibility index (Phi) is 12.3. The molecule has 0 radical (unpaired) electrons. The van der Waals surface area contributed by atoms with Gasteiger partial charge in [0.1, 0.15) is 17.3 Å². The minimum Gasteiger partial charge on any atom is -0.457 e. The summed E-state index contributed by atoms with van der Waals surface area (Å²) in [7, 11) is 0. The van der Waals surface area contributed by atoms with Gasteiger partial charge in [0.2, 0.25) is 0 Å². The van der Waals surface area contributed by atoms with Crippen LogP contribution in [0.2, 0.25) is 0 Å². The van der Waals surface area contributed by atoms with Gasteiger partial charge in [0.25, 0.3) is 0 Å². The summed E-state index contributed by atoms with van der Waals surface area (Å²) < 4.78 is 9.59. The zero-order valence-corrected chi connectivity index (χ0v) is 45.4. The van der Waals surface area contributed by atoms with Crippen molar-refractivity contribution in [2.45, 2.75) is 138 Å². The molecule has 0 bridgehead atoms. The highest BCUT2D eigenvalue weighted by atomic mass is 16.5. The predicted molar refractivity (Wildman–Crippen MR) is 302 cm³/mol. The van der Waals surface area contributed by atoms with Gasteiger partial charge in [-0.2, -0.15) is 0 Å². The van der Waals surface area contributed by atoms with E-state index in [1.165, 1.54) is 61.1 Å². The lowest BCUT2D eigenvalue weighted by atomic mass is 9.73. The Morgan fingerprint density at radius 3 is 1.55 bits per heavy atom. The molecule has 0 spiro atoms. The highest BCUT2D eigenvalue weighted by molar-refractivity contribution is 6.11. The number of fused-ring (bicyclic) bond motifs is 3. The molecule has 0 aliphatic carbocycles. The molecule has 1 aliphatic heterocycles. The fraction of sp³-hybridized carbons (Fsp3) is 0.348. The highest BCUT2D eigenvalue weighted by Crippen LogP contribution is 2.46. The summed E-state index contributed by atoms with van der Waals surface area (Å²) in [6.45, 7) is 37.6. The van der Waals surface area contributed by atoms with Crippen molar-refractivity contribution in [3.63, 3.8) is 0 Å². The quantitative estimate of drug-likeness (QED) is 0.144. The van der Waals surface area contributed by atoms with Crippen LogP contribution in [0.25, 0.3) is 27.6 Å². The average molecular weight is 941 g/mol. The predicted octanol–water partition coefficient (Wildman–Crippen LogP) is 17.7. The Balaban J connectivity index is 1.18. The first kappa shape index (κ1) is 49.4. The van der Waals surface area contributed by atoms with E-state index in [4.69, 9.17) is 9.72 Å². The topological polar surface area (TPSA) is 33.5 Å². The molecule has 5 heteroatoms. The maximum Gasteiger partial charge on any atom is 0.137 e. The normalized spacial score (nSPS) is 14.2. The largest absolute Gasteiger partial charge is 0.457 e. The first-order chi connectivity index (χ1) is 33.2. The lowest BCUT2D eigenvalue weighted by Gasteiger charge is -2.34. The van der Waals surface area contributed by atoms with Gasteiger partial charge in [-0.3, -0.25) is 4.57 Å². The van der Waals surface area contributed by atoms with Crippen molar-refractivity contribution in [2.24, 2.45) is 5.41 Å². The summed E-state index contributed by atoms with van der Waals surface area (Å²) in [4.78, 5) is 9.99. The van der Waals surface area contributed by atoms with Crippen molar-refractivity contribution >= 4 is 33.2 Å². The number of ether oxygens (including phenoxy) is 1. The molecule has 1 aliphatic rings. The molecule has 71 heavy (non-hydrogen) atoms. The zero-order valence-electron chi connectivity index (χ0n) is 45.4. The van der Waals surface area contributed by atoms with Gasteiger partial charge in [-0.05, 0) is 104 Å². The molecule has 0 N–H and O–H groups in total. The van der Waals surface area contributed by atoms with Crippen LogP contribution in [0.1, 0.15) is 150 Å². The molecule has 366 valence electrons. The van der Waals surface area contributed by atoms with Crippen LogP contribution in [0.5, 0.6) is 11.5 Å². The van der Waals surface area contributed by atoms with Gasteiger partial charge >= 0.3 is 0 Å². The van der Waals surface area contributed by atoms with Gasteiger partial charge in [0.05, 0.1) is 17.7 Å². The Hall–Kier alpha value is -6.59. The molecule has 5 nitrogen and oxygen atoms in total. The van der Waals surface area contributed by atoms with Crippen molar-refractivity contribution in [1.29, 1.82) is 0 Å². The van der Waals surface area contributed by atoms with Gasteiger partial charge < -0.3 is 14.5 Å². The van der Waals surface area contributed by atoms with E-state index >= 15 is 0 Å². The van der Waals surface area contributed by atoms with E-state index < -0.39 is 0 Å². The Morgan fingerprint density at radius 2 is 0.986 bits per heavy atom. The van der Waals surface area contributed by atoms with Gasteiger partial charge in [-0.25, -0.2) is 4.98 Å². The first-order valence-electron chi connectivity index (χ1n) is 25.6. The lowest BCUT2D eigenvalue weighted by molar-refractivity contribution is 0.474. The second kappa shape index (κ2) is 17.6. The molecule has 0 saturated heterocycles. The number of aromatic nitrogens is 2. The summed E-state index contributed by atoms with van der Waals surface area (Å²) >= 11 is 0. The summed E-state index contributed by atoms with van der Waals surface area (Å²) in [6, 6.07) is 53.7. The Bertz CT molecular complexity index is 3220. The molecule has 0 amide bonds. The maximum absolute atomic E-state index is 7.25. The van der Waals surface area contributed by atoms with Crippen LogP contribution in [0.15, 0.2) is 164 Å². The standard InChI is InChI=1S/C66H76N4O/c1-61(2,3)46-31-32-67-59(38-46)70-56-30-24-23-29-54(56)60-55(63(7,8)9)40-53(41-57(60)70)71-52-37-47(62(4,5)6)34-51(39-52)69-43-68(42-58(69)64(10,11)12)50-35-48(65(13,14)44-25-19-17-20-26-44)33-49(36-50)66(15,16)45-27-21-18-22-28-45/h17-42H,43H2,1-16H3. The molecule has 9 rings (SSSR count). The van der Waals surface area contributed by atoms with Gasteiger partial charge in [-0.15, -0.1) is 0 Å². The smallest absolute Gasteiger partial charge is 0.137 e. The van der Waals surface area contributed by atoms with Gasteiger partial charge in [0.15, 0.2) is 0 Å². The number of nitrogens with zero attached hydrogens (tertiary/aromatic N) is 4. The number of pyridine rings is 1. The number of benzene rings is 6. The van der Waals surface area contributed by atoms with Crippen LogP contribution in [0.3, 0.4) is 0 Å². The summed E-state index contributed by atoms with van der Waals surface area (Å²) in [6.07, 6.45) is 4.34. The number of allylic oxidation sites excluding steroid dienone is 1. The van der Waals surface area contributed by atoms with Crippen molar-refractivity contribution < 1.29 is 4.74 Å². The number of anilines is 2. The number of rotatable bonds is 9. The minimum atomic E-state index is -0.237. The second-order valence-corrected chi connectivity index (χ2v) is 25.2. The summed E-state index contributed by atoms with van der Waals surface area (Å²) in [5, 5.41) is 2.44. The van der Waals surface area contributed by atoms with E-state index in [-0.39, 0.29) is 32.5 Å². The lowest BCUT2D eigenvalue weighted by Crippen LogP contribution is -2.31. The van der Waals surface area contributed by atoms with Gasteiger partial charge in [0, 0.05) is 68.6 Å². The van der Waals surface area contributed by atoms with Crippen LogP contribution in [0, 0.1) is 5.41 Å². The Labute approximate surface area is 425 Å². The molecule has 8 aromatic rings. The van der Waals surface area contributed by atoms with Crippen molar-refractivity contribution in [1.82, 2.24) is 9.55 Å². The molecule has 0 fully saturated rings. The molecule has 0 unspecified atom stereocenters. The van der Waals surface area contributed by atoms with E-state index in [0.29, 0.717) is 6.67 Å². The first-order valence-corrected chi connectivity index (χ1v) is 25.6. The van der Waals surface area contributed by atoms with Crippen molar-refractivity contribution in [2.75, 3.05) is 16.5 Å².